The number of thiophene rings is 1. The molecular weight excluding hydrogens is 224 g/mol. The van der Waals surface area contributed by atoms with Crippen molar-refractivity contribution in [3.63, 3.8) is 0 Å². The minimum atomic E-state index is -0.777. The minimum Gasteiger partial charge on any atom is -0.481 e. The van der Waals surface area contributed by atoms with Crippen molar-refractivity contribution in [3.8, 4) is 10.6 Å². The quantitative estimate of drug-likeness (QED) is 0.885. The van der Waals surface area contributed by atoms with Gasteiger partial charge in [0.05, 0.1) is 4.88 Å². The minimum absolute atomic E-state index is 0.143. The van der Waals surface area contributed by atoms with E-state index >= 15 is 0 Å². The van der Waals surface area contributed by atoms with E-state index in [1.54, 1.807) is 16.0 Å². The van der Waals surface area contributed by atoms with Gasteiger partial charge in [0.15, 0.2) is 0 Å². The lowest BCUT2D eigenvalue weighted by molar-refractivity contribution is -0.136. The molecule has 0 radical (unpaired) electrons. The van der Waals surface area contributed by atoms with Crippen molar-refractivity contribution in [1.29, 1.82) is 0 Å². The van der Waals surface area contributed by atoms with Gasteiger partial charge in [0.25, 0.3) is 0 Å². The zero-order valence-corrected chi connectivity index (χ0v) is 9.70. The van der Waals surface area contributed by atoms with Gasteiger partial charge in [0.1, 0.15) is 5.69 Å². The number of carboxylic acid groups (broad SMARTS) is 1. The summed E-state index contributed by atoms with van der Waals surface area (Å²) in [5, 5.41) is 15.0. The van der Waals surface area contributed by atoms with Crippen molar-refractivity contribution < 1.29 is 9.90 Å². The monoisotopic (exact) mass is 236 g/mol. The molecule has 0 aliphatic heterocycles. The molecule has 2 heterocycles. The Kier molecular flexibility index (Phi) is 3.05. The third kappa shape index (κ3) is 2.30. The number of nitrogens with zero attached hydrogens (tertiary/aromatic N) is 2. The third-order valence-electron chi connectivity index (χ3n) is 2.27. The summed E-state index contributed by atoms with van der Waals surface area (Å²) >= 11 is 1.61. The Morgan fingerprint density at radius 2 is 2.44 bits per heavy atom. The Bertz CT molecular complexity index is 488. The van der Waals surface area contributed by atoms with E-state index in [-0.39, 0.29) is 6.42 Å². The molecule has 0 aliphatic rings. The maximum atomic E-state index is 10.6. The Labute approximate surface area is 97.2 Å². The molecule has 2 aromatic rings. The maximum Gasteiger partial charge on any atom is 0.303 e. The molecule has 0 spiro atoms. The number of aliphatic carboxylic acids is 1. The summed E-state index contributed by atoms with van der Waals surface area (Å²) in [6.45, 7) is 0. The molecule has 84 valence electrons. The van der Waals surface area contributed by atoms with Crippen LogP contribution in [0.3, 0.4) is 0 Å². The van der Waals surface area contributed by atoms with Crippen molar-refractivity contribution in [2.75, 3.05) is 0 Å². The van der Waals surface area contributed by atoms with Crippen LogP contribution in [0.15, 0.2) is 23.7 Å². The van der Waals surface area contributed by atoms with E-state index in [1.807, 2.05) is 30.8 Å². The summed E-state index contributed by atoms with van der Waals surface area (Å²) in [5.74, 6) is -0.777. The predicted molar refractivity (Wildman–Crippen MR) is 62.5 cm³/mol. The lowest BCUT2D eigenvalue weighted by Crippen LogP contribution is -1.97. The van der Waals surface area contributed by atoms with E-state index in [9.17, 15) is 4.79 Å². The SMILES string of the molecule is Cn1cc(CCC(=O)O)c(-c2cccs2)n1. The summed E-state index contributed by atoms with van der Waals surface area (Å²) < 4.78 is 1.73. The van der Waals surface area contributed by atoms with Gasteiger partial charge in [0.2, 0.25) is 0 Å². The topological polar surface area (TPSA) is 55.1 Å². The standard InChI is InChI=1S/C11H12N2O2S/c1-13-7-8(4-5-10(14)15)11(12-13)9-3-2-6-16-9/h2-3,6-7H,4-5H2,1H3,(H,14,15). The van der Waals surface area contributed by atoms with Gasteiger partial charge >= 0.3 is 5.97 Å². The number of hydrogen-bond donors (Lipinski definition) is 1. The van der Waals surface area contributed by atoms with Crippen LogP contribution in [-0.2, 0) is 18.3 Å². The molecule has 0 fully saturated rings. The summed E-state index contributed by atoms with van der Waals surface area (Å²) in [6, 6.07) is 3.97. The van der Waals surface area contributed by atoms with Crippen LogP contribution in [0.25, 0.3) is 10.6 Å². The first-order valence-corrected chi connectivity index (χ1v) is 5.83. The normalized spacial score (nSPS) is 10.6. The van der Waals surface area contributed by atoms with Crippen LogP contribution in [0.2, 0.25) is 0 Å². The second-order valence-electron chi connectivity index (χ2n) is 3.55. The molecule has 0 aromatic carbocycles. The van der Waals surface area contributed by atoms with Crippen LogP contribution in [-0.4, -0.2) is 20.9 Å². The number of rotatable bonds is 4. The second-order valence-corrected chi connectivity index (χ2v) is 4.50. The predicted octanol–water partition coefficient (Wildman–Crippen LogP) is 2.17. The fourth-order valence-electron chi connectivity index (χ4n) is 1.58. The van der Waals surface area contributed by atoms with E-state index in [1.165, 1.54) is 0 Å². The van der Waals surface area contributed by atoms with Crippen molar-refractivity contribution in [3.05, 3.63) is 29.3 Å². The first-order valence-electron chi connectivity index (χ1n) is 4.95. The number of hydrogen-bond acceptors (Lipinski definition) is 3. The molecule has 0 saturated heterocycles. The lowest BCUT2D eigenvalue weighted by Gasteiger charge is -1.97. The van der Waals surface area contributed by atoms with Crippen molar-refractivity contribution in [2.45, 2.75) is 12.8 Å². The Hall–Kier alpha value is -1.62. The van der Waals surface area contributed by atoms with Crippen LogP contribution in [0, 0.1) is 0 Å². The van der Waals surface area contributed by atoms with Crippen molar-refractivity contribution in [1.82, 2.24) is 9.78 Å². The van der Waals surface area contributed by atoms with Crippen LogP contribution in [0.4, 0.5) is 0 Å². The van der Waals surface area contributed by atoms with E-state index in [0.717, 1.165) is 16.1 Å². The lowest BCUT2D eigenvalue weighted by atomic mass is 10.1. The molecule has 0 bridgehead atoms. The molecule has 0 atom stereocenters. The third-order valence-corrected chi connectivity index (χ3v) is 3.14. The molecule has 5 heteroatoms. The van der Waals surface area contributed by atoms with Crippen LogP contribution in [0.1, 0.15) is 12.0 Å². The van der Waals surface area contributed by atoms with Crippen LogP contribution >= 0.6 is 11.3 Å². The zero-order valence-electron chi connectivity index (χ0n) is 8.88. The van der Waals surface area contributed by atoms with Crippen molar-refractivity contribution >= 4 is 17.3 Å². The average molecular weight is 236 g/mol. The molecule has 1 N–H and O–H groups in total. The highest BCUT2D eigenvalue weighted by Crippen LogP contribution is 2.27. The van der Waals surface area contributed by atoms with E-state index in [2.05, 4.69) is 5.10 Å². The van der Waals surface area contributed by atoms with Gasteiger partial charge in [-0.2, -0.15) is 5.10 Å². The van der Waals surface area contributed by atoms with Gasteiger partial charge in [-0.1, -0.05) is 6.07 Å². The Morgan fingerprint density at radius 3 is 3.06 bits per heavy atom. The van der Waals surface area contributed by atoms with Crippen LogP contribution in [0.5, 0.6) is 0 Å². The number of carbonyl (C=O) groups is 1. The fourth-order valence-corrected chi connectivity index (χ4v) is 2.33. The molecule has 2 rings (SSSR count). The number of aryl methyl sites for hydroxylation is 2. The molecule has 0 unspecified atom stereocenters. The summed E-state index contributed by atoms with van der Waals surface area (Å²) in [7, 11) is 1.85. The van der Waals surface area contributed by atoms with Gasteiger partial charge in [0, 0.05) is 19.7 Å². The fraction of sp³-hybridized carbons (Fsp3) is 0.273. The first-order chi connectivity index (χ1) is 7.66. The largest absolute Gasteiger partial charge is 0.481 e. The average Bonchev–Trinajstić information content (AvgIpc) is 2.82. The summed E-state index contributed by atoms with van der Waals surface area (Å²) in [4.78, 5) is 11.6. The molecular formula is C11H12N2O2S. The summed E-state index contributed by atoms with van der Waals surface area (Å²) in [5.41, 5.74) is 1.89. The molecule has 16 heavy (non-hydrogen) atoms. The molecule has 2 aromatic heterocycles. The second kappa shape index (κ2) is 4.49. The molecule has 0 saturated carbocycles. The van der Waals surface area contributed by atoms with Gasteiger partial charge in [-0.15, -0.1) is 11.3 Å². The zero-order chi connectivity index (χ0) is 11.5. The van der Waals surface area contributed by atoms with E-state index in [4.69, 9.17) is 5.11 Å². The molecule has 0 aliphatic carbocycles. The molecule has 4 nitrogen and oxygen atoms in total. The van der Waals surface area contributed by atoms with E-state index < -0.39 is 5.97 Å². The Balaban J connectivity index is 2.27. The first kappa shape index (κ1) is 10.9. The smallest absolute Gasteiger partial charge is 0.303 e. The van der Waals surface area contributed by atoms with Gasteiger partial charge in [-0.25, -0.2) is 0 Å². The van der Waals surface area contributed by atoms with Crippen LogP contribution < -0.4 is 0 Å². The van der Waals surface area contributed by atoms with Crippen molar-refractivity contribution in [2.24, 2.45) is 7.05 Å². The molecule has 0 amide bonds. The summed E-state index contributed by atoms with van der Waals surface area (Å²) in [6.07, 6.45) is 2.55. The van der Waals surface area contributed by atoms with E-state index in [0.29, 0.717) is 6.42 Å². The highest BCUT2D eigenvalue weighted by Gasteiger charge is 2.11. The Morgan fingerprint density at radius 1 is 1.62 bits per heavy atom. The van der Waals surface area contributed by atoms with Gasteiger partial charge < -0.3 is 5.11 Å². The number of carboxylic acids is 1. The highest BCUT2D eigenvalue weighted by molar-refractivity contribution is 7.13. The highest BCUT2D eigenvalue weighted by atomic mass is 32.1. The van der Waals surface area contributed by atoms with Gasteiger partial charge in [-0.3, -0.25) is 9.48 Å². The van der Waals surface area contributed by atoms with Gasteiger partial charge in [-0.05, 0) is 23.4 Å². The maximum absolute atomic E-state index is 10.6. The number of aromatic nitrogens is 2.